The van der Waals surface area contributed by atoms with Gasteiger partial charge in [-0.3, -0.25) is 5.84 Å². The molecular weight excluding hydrogens is 188 g/mol. The Morgan fingerprint density at radius 2 is 2.46 bits per heavy atom. The lowest BCUT2D eigenvalue weighted by molar-refractivity contribution is -0.135. The largest absolute Gasteiger partial charge is 0.465 e. The second-order valence-electron chi connectivity index (χ2n) is 2.61. The minimum atomic E-state index is -0.353. The number of thioether (sulfide) groups is 1. The van der Waals surface area contributed by atoms with Crippen molar-refractivity contribution in [2.75, 3.05) is 7.11 Å². The molecule has 0 aromatic rings. The molecule has 0 bridgehead atoms. The molecule has 0 amide bonds. The Bertz CT molecular complexity index is 273. The average molecular weight is 200 g/mol. The standard InChI is InChI=1S/C8H12N2O2S/c1-5-3-4-13-7(6(5)10-9)8(11)12-2/h3-5,10H,9H2,1-2H3. The first-order valence-electron chi connectivity index (χ1n) is 3.83. The van der Waals surface area contributed by atoms with Gasteiger partial charge < -0.3 is 10.2 Å². The Morgan fingerprint density at radius 1 is 1.77 bits per heavy atom. The van der Waals surface area contributed by atoms with E-state index in [1.54, 1.807) is 0 Å². The number of allylic oxidation sites excluding steroid dienone is 1. The summed E-state index contributed by atoms with van der Waals surface area (Å²) >= 11 is 1.31. The number of esters is 1. The number of ether oxygens (including phenoxy) is 1. The van der Waals surface area contributed by atoms with Gasteiger partial charge in [0.25, 0.3) is 0 Å². The number of rotatable bonds is 2. The topological polar surface area (TPSA) is 64.3 Å². The van der Waals surface area contributed by atoms with Gasteiger partial charge in [-0.1, -0.05) is 24.8 Å². The molecule has 1 rings (SSSR count). The van der Waals surface area contributed by atoms with Crippen LogP contribution < -0.4 is 11.3 Å². The van der Waals surface area contributed by atoms with Crippen LogP contribution in [0.1, 0.15) is 6.92 Å². The van der Waals surface area contributed by atoms with Gasteiger partial charge in [0.15, 0.2) is 0 Å². The average Bonchev–Trinajstić information content (AvgIpc) is 2.16. The first kappa shape index (κ1) is 10.1. The van der Waals surface area contributed by atoms with Gasteiger partial charge in [-0.2, -0.15) is 0 Å². The molecule has 0 spiro atoms. The summed E-state index contributed by atoms with van der Waals surface area (Å²) in [7, 11) is 1.35. The Morgan fingerprint density at radius 3 is 3.00 bits per heavy atom. The van der Waals surface area contributed by atoms with E-state index in [-0.39, 0.29) is 11.9 Å². The van der Waals surface area contributed by atoms with Crippen LogP contribution in [0, 0.1) is 5.92 Å². The highest BCUT2D eigenvalue weighted by Crippen LogP contribution is 2.30. The second-order valence-corrected chi connectivity index (χ2v) is 3.53. The van der Waals surface area contributed by atoms with Gasteiger partial charge in [-0.25, -0.2) is 4.79 Å². The van der Waals surface area contributed by atoms with Crippen LogP contribution >= 0.6 is 11.8 Å². The van der Waals surface area contributed by atoms with Crippen molar-refractivity contribution in [1.82, 2.24) is 5.43 Å². The molecule has 0 aromatic carbocycles. The van der Waals surface area contributed by atoms with Crippen molar-refractivity contribution < 1.29 is 9.53 Å². The summed E-state index contributed by atoms with van der Waals surface area (Å²) in [6.45, 7) is 1.95. The molecule has 13 heavy (non-hydrogen) atoms. The van der Waals surface area contributed by atoms with Crippen molar-refractivity contribution in [1.29, 1.82) is 0 Å². The Kier molecular flexibility index (Phi) is 3.39. The summed E-state index contributed by atoms with van der Waals surface area (Å²) in [6.07, 6.45) is 1.96. The highest BCUT2D eigenvalue weighted by Gasteiger charge is 2.21. The molecule has 0 radical (unpaired) electrons. The van der Waals surface area contributed by atoms with Crippen LogP contribution in [0.3, 0.4) is 0 Å². The van der Waals surface area contributed by atoms with E-state index in [4.69, 9.17) is 5.84 Å². The summed E-state index contributed by atoms with van der Waals surface area (Å²) in [5.74, 6) is 5.09. The highest BCUT2D eigenvalue weighted by atomic mass is 32.2. The molecule has 1 heterocycles. The van der Waals surface area contributed by atoms with Crippen molar-refractivity contribution in [3.8, 4) is 0 Å². The second kappa shape index (κ2) is 4.34. The van der Waals surface area contributed by atoms with Gasteiger partial charge in [-0.15, -0.1) is 0 Å². The maximum atomic E-state index is 11.3. The molecule has 72 valence electrons. The zero-order valence-electron chi connectivity index (χ0n) is 7.53. The van der Waals surface area contributed by atoms with Gasteiger partial charge in [0.1, 0.15) is 4.91 Å². The van der Waals surface area contributed by atoms with Gasteiger partial charge >= 0.3 is 5.97 Å². The van der Waals surface area contributed by atoms with Gasteiger partial charge in [-0.05, 0) is 5.41 Å². The van der Waals surface area contributed by atoms with Gasteiger partial charge in [0.05, 0.1) is 12.8 Å². The lowest BCUT2D eigenvalue weighted by atomic mass is 10.1. The van der Waals surface area contributed by atoms with Crippen LogP contribution in [-0.4, -0.2) is 13.1 Å². The molecule has 4 nitrogen and oxygen atoms in total. The quantitative estimate of drug-likeness (QED) is 0.391. The maximum absolute atomic E-state index is 11.3. The van der Waals surface area contributed by atoms with Crippen LogP contribution in [0.5, 0.6) is 0 Å². The molecule has 1 atom stereocenters. The third-order valence-electron chi connectivity index (χ3n) is 1.78. The third-order valence-corrected chi connectivity index (χ3v) is 2.69. The fourth-order valence-corrected chi connectivity index (χ4v) is 2.04. The first-order valence-corrected chi connectivity index (χ1v) is 4.71. The zero-order valence-corrected chi connectivity index (χ0v) is 8.35. The molecule has 1 aliphatic rings. The highest BCUT2D eigenvalue weighted by molar-refractivity contribution is 8.06. The normalized spacial score (nSPS) is 21.6. The summed E-state index contributed by atoms with van der Waals surface area (Å²) in [5, 5.41) is 1.86. The Hall–Kier alpha value is -0.940. The van der Waals surface area contributed by atoms with E-state index in [9.17, 15) is 4.79 Å². The Balaban J connectivity index is 2.95. The van der Waals surface area contributed by atoms with Gasteiger partial charge in [0.2, 0.25) is 0 Å². The van der Waals surface area contributed by atoms with Crippen molar-refractivity contribution in [3.63, 3.8) is 0 Å². The molecule has 0 fully saturated rings. The third kappa shape index (κ3) is 2.05. The molecule has 3 N–H and O–H groups in total. The van der Waals surface area contributed by atoms with Crippen LogP contribution in [0.15, 0.2) is 22.1 Å². The smallest absolute Gasteiger partial charge is 0.346 e. The monoisotopic (exact) mass is 200 g/mol. The van der Waals surface area contributed by atoms with Crippen LogP contribution in [-0.2, 0) is 9.53 Å². The van der Waals surface area contributed by atoms with E-state index in [2.05, 4.69) is 10.2 Å². The molecule has 1 unspecified atom stereocenters. The minimum Gasteiger partial charge on any atom is -0.465 e. The fraction of sp³-hybridized carbons (Fsp3) is 0.375. The zero-order chi connectivity index (χ0) is 9.84. The van der Waals surface area contributed by atoms with Crippen LogP contribution in [0.4, 0.5) is 0 Å². The minimum absolute atomic E-state index is 0.125. The number of nitrogens with one attached hydrogen (secondary N) is 1. The number of hydrogen-bond acceptors (Lipinski definition) is 5. The van der Waals surface area contributed by atoms with Crippen molar-refractivity contribution in [2.45, 2.75) is 6.92 Å². The van der Waals surface area contributed by atoms with E-state index in [1.165, 1.54) is 18.9 Å². The molecule has 0 saturated heterocycles. The fourth-order valence-electron chi connectivity index (χ4n) is 1.04. The lowest BCUT2D eigenvalue weighted by Gasteiger charge is -2.18. The van der Waals surface area contributed by atoms with E-state index in [1.807, 2.05) is 18.4 Å². The molecule has 5 heteroatoms. The molecule has 1 aliphatic heterocycles. The summed E-state index contributed by atoms with van der Waals surface area (Å²) in [5.41, 5.74) is 3.23. The maximum Gasteiger partial charge on any atom is 0.346 e. The van der Waals surface area contributed by atoms with Crippen molar-refractivity contribution >= 4 is 17.7 Å². The molecule has 0 aliphatic carbocycles. The van der Waals surface area contributed by atoms with Crippen LogP contribution in [0.2, 0.25) is 0 Å². The summed E-state index contributed by atoms with van der Waals surface area (Å²) in [6, 6.07) is 0. The number of hydrogen-bond donors (Lipinski definition) is 2. The van der Waals surface area contributed by atoms with Crippen molar-refractivity contribution in [2.24, 2.45) is 11.8 Å². The Labute approximate surface area is 81.2 Å². The molecular formula is C8H12N2O2S. The predicted molar refractivity (Wildman–Crippen MR) is 52.3 cm³/mol. The number of carbonyl (C=O) groups excluding carboxylic acids is 1. The van der Waals surface area contributed by atoms with E-state index in [0.29, 0.717) is 10.6 Å². The van der Waals surface area contributed by atoms with E-state index in [0.717, 1.165) is 0 Å². The SMILES string of the molecule is COC(=O)C1=C(NN)C(C)C=CS1. The predicted octanol–water partition coefficient (Wildman–Crippen LogP) is 0.731. The van der Waals surface area contributed by atoms with Gasteiger partial charge in [0, 0.05) is 5.92 Å². The number of methoxy groups -OCH3 is 1. The van der Waals surface area contributed by atoms with E-state index < -0.39 is 0 Å². The number of carbonyl (C=O) groups is 1. The first-order chi connectivity index (χ1) is 6.20. The summed E-state index contributed by atoms with van der Waals surface area (Å²) < 4.78 is 4.62. The van der Waals surface area contributed by atoms with Crippen molar-refractivity contribution in [3.05, 3.63) is 22.1 Å². The number of hydrazine groups is 1. The summed E-state index contributed by atoms with van der Waals surface area (Å²) in [4.78, 5) is 11.8. The van der Waals surface area contributed by atoms with Crippen LogP contribution in [0.25, 0.3) is 0 Å². The lowest BCUT2D eigenvalue weighted by Crippen LogP contribution is -2.28. The van der Waals surface area contributed by atoms with E-state index >= 15 is 0 Å². The molecule has 0 aromatic heterocycles. The number of nitrogens with two attached hydrogens (primary N) is 1. The molecule has 0 saturated carbocycles.